The lowest BCUT2D eigenvalue weighted by Crippen LogP contribution is -2.20. The van der Waals surface area contributed by atoms with Gasteiger partial charge in [-0.25, -0.2) is 13.1 Å². The summed E-state index contributed by atoms with van der Waals surface area (Å²) in [6, 6.07) is 3.47. The van der Waals surface area contributed by atoms with Crippen LogP contribution >= 0.6 is 0 Å². The zero-order valence-corrected chi connectivity index (χ0v) is 11.5. The SMILES string of the molecule is [2H]c1c(CCN(C([2H])([2H])[2H])C([2H])([2H])[2H])c2cc(C([2H])([2H])S(=O)(=O)N([2H])C)ccc2n1[2H]. The molecule has 20 heavy (non-hydrogen) atoms. The van der Waals surface area contributed by atoms with Gasteiger partial charge in [-0.2, -0.15) is 0 Å². The highest BCUT2D eigenvalue weighted by atomic mass is 32.2. The Morgan fingerprint density at radius 1 is 1.60 bits per heavy atom. The molecule has 0 saturated heterocycles. The van der Waals surface area contributed by atoms with Gasteiger partial charge in [0.2, 0.25) is 10.0 Å². The number of benzene rings is 1. The van der Waals surface area contributed by atoms with Gasteiger partial charge in [0.25, 0.3) is 0 Å². The highest BCUT2D eigenvalue weighted by Crippen LogP contribution is 2.21. The summed E-state index contributed by atoms with van der Waals surface area (Å²) in [4.78, 5) is 0.999. The quantitative estimate of drug-likeness (QED) is 0.846. The molecule has 0 bridgehead atoms. The molecule has 1 aromatic carbocycles. The Labute approximate surface area is 135 Å². The van der Waals surface area contributed by atoms with Crippen LogP contribution < -0.4 is 4.72 Å². The van der Waals surface area contributed by atoms with Crippen LogP contribution in [-0.4, -0.2) is 45.8 Å². The smallest absolute Gasteiger partial charge is 0.215 e. The van der Waals surface area contributed by atoms with Crippen LogP contribution in [0.15, 0.2) is 24.4 Å². The van der Waals surface area contributed by atoms with Gasteiger partial charge in [0.15, 0.2) is 1.41 Å². The molecule has 2 N–H and O–H groups in total. The summed E-state index contributed by atoms with van der Waals surface area (Å²) < 4.78 is 108. The fourth-order valence-corrected chi connectivity index (χ4v) is 2.25. The normalized spacial score (nSPS) is 22.6. The zero-order chi connectivity index (χ0) is 24.2. The molecule has 0 radical (unpaired) electrons. The van der Waals surface area contributed by atoms with E-state index in [9.17, 15) is 8.42 Å². The molecule has 110 valence electrons. The van der Waals surface area contributed by atoms with Crippen molar-refractivity contribution in [2.24, 2.45) is 0 Å². The van der Waals surface area contributed by atoms with E-state index in [1.165, 1.54) is 6.07 Å². The summed E-state index contributed by atoms with van der Waals surface area (Å²) in [6.45, 7) is -6.40. The number of rotatable bonds is 6. The van der Waals surface area contributed by atoms with Crippen molar-refractivity contribution in [2.75, 3.05) is 27.5 Å². The number of H-pyrrole nitrogens is 1. The molecule has 1 heterocycles. The van der Waals surface area contributed by atoms with Gasteiger partial charge in [-0.15, -0.1) is 0 Å². The molecule has 0 saturated carbocycles. The minimum Gasteiger partial charge on any atom is -0.361 e. The van der Waals surface area contributed by atoms with Gasteiger partial charge in [0.1, 0.15) is 1.41 Å². The maximum atomic E-state index is 12.2. The number of likely N-dealkylation sites (N-methyl/N-ethyl adjacent to an activating group) is 1. The Morgan fingerprint density at radius 3 is 3.10 bits per heavy atom. The number of nitrogens with one attached hydrogen (secondary N) is 2. The van der Waals surface area contributed by atoms with Crippen LogP contribution in [0.25, 0.3) is 10.9 Å². The minimum absolute atomic E-state index is 0.00573. The van der Waals surface area contributed by atoms with Gasteiger partial charge >= 0.3 is 0 Å². The fourth-order valence-electron chi connectivity index (χ4n) is 1.74. The van der Waals surface area contributed by atoms with E-state index in [-0.39, 0.29) is 39.3 Å². The fraction of sp³-hybridized carbons (Fsp3) is 0.429. The molecule has 0 fully saturated rings. The first-order valence-corrected chi connectivity index (χ1v) is 7.16. The van der Waals surface area contributed by atoms with Crippen LogP contribution in [0.2, 0.25) is 2.82 Å². The second-order valence-corrected chi connectivity index (χ2v) is 5.61. The molecule has 0 aliphatic heterocycles. The molecule has 2 aromatic rings. The van der Waals surface area contributed by atoms with Crippen molar-refractivity contribution in [3.8, 4) is 0 Å². The molecule has 1 aromatic heterocycles. The lowest BCUT2D eigenvalue weighted by Gasteiger charge is -2.08. The second-order valence-electron chi connectivity index (χ2n) is 4.10. The van der Waals surface area contributed by atoms with Crippen LogP contribution in [0, 0.1) is 0 Å². The van der Waals surface area contributed by atoms with E-state index in [1.54, 1.807) is 0 Å². The van der Waals surface area contributed by atoms with Crippen LogP contribution in [0.1, 0.15) is 23.5 Å². The highest BCUT2D eigenvalue weighted by molar-refractivity contribution is 7.88. The number of nitrogens with zero attached hydrogens (tertiary/aromatic N) is 1. The van der Waals surface area contributed by atoms with Crippen molar-refractivity contribution in [2.45, 2.75) is 12.1 Å². The van der Waals surface area contributed by atoms with Crippen molar-refractivity contribution >= 4 is 20.9 Å². The maximum absolute atomic E-state index is 12.2. The summed E-state index contributed by atoms with van der Waals surface area (Å²) in [7, 11) is -3.84. The monoisotopic (exact) mass is 306 g/mol. The summed E-state index contributed by atoms with van der Waals surface area (Å²) in [6.07, 6.45) is -0.639. The Kier molecular flexibility index (Phi) is 1.84. The van der Waals surface area contributed by atoms with Crippen LogP contribution in [-0.2, 0) is 22.1 Å². The molecule has 5 nitrogen and oxygen atoms in total. The lowest BCUT2D eigenvalue weighted by atomic mass is 10.1. The average molecular weight is 306 g/mol. The third-order valence-corrected chi connectivity index (χ3v) is 3.68. The number of aromatic amines is 1. The molecule has 0 spiro atoms. The molecular weight excluding hydrogens is 274 g/mol. The molecule has 0 amide bonds. The number of aromatic nitrogens is 1. The summed E-state index contributed by atoms with van der Waals surface area (Å²) >= 11 is 0. The van der Waals surface area contributed by atoms with Crippen LogP contribution in [0.3, 0.4) is 0 Å². The average Bonchev–Trinajstić information content (AvgIpc) is 2.83. The van der Waals surface area contributed by atoms with E-state index in [2.05, 4.69) is 0 Å². The molecule has 0 aliphatic rings. The minimum atomic E-state index is -4.70. The van der Waals surface area contributed by atoms with Crippen LogP contribution in [0.5, 0.6) is 0 Å². The molecule has 0 unspecified atom stereocenters. The number of hydrogen-bond acceptors (Lipinski definition) is 3. The zero-order valence-electron chi connectivity index (χ0n) is 21.7. The van der Waals surface area contributed by atoms with Gasteiger partial charge in [-0.1, -0.05) is 6.07 Å². The van der Waals surface area contributed by atoms with Gasteiger partial charge in [0.05, 0.1) is 7.08 Å². The third-order valence-electron chi connectivity index (χ3n) is 2.71. The topological polar surface area (TPSA) is 65.2 Å². The van der Waals surface area contributed by atoms with Gasteiger partial charge in [-0.3, -0.25) is 0 Å². The second kappa shape index (κ2) is 5.95. The van der Waals surface area contributed by atoms with E-state index < -0.39 is 36.2 Å². The van der Waals surface area contributed by atoms with E-state index in [4.69, 9.17) is 15.2 Å². The Hall–Kier alpha value is -1.37. The first-order valence-electron chi connectivity index (χ1n) is 11.1. The summed E-state index contributed by atoms with van der Waals surface area (Å²) in [5, 5.41) is 0.111. The molecule has 0 atom stereocenters. The number of hydrogen-bond donors (Lipinski definition) is 2. The van der Waals surface area contributed by atoms with E-state index in [0.717, 1.165) is 19.2 Å². The summed E-state index contributed by atoms with van der Waals surface area (Å²) in [5.74, 6) is 0. The van der Waals surface area contributed by atoms with Crippen molar-refractivity contribution < 1.29 is 23.6 Å². The Balaban J connectivity index is 2.59. The molecule has 0 aliphatic carbocycles. The Bertz CT molecular complexity index is 1060. The number of fused-ring (bicyclic) bond motifs is 1. The number of sulfonamides is 1. The standard InChI is InChI=1S/C14H21N3O2S/c1-15-20(18,19)10-11-4-5-14-13(8-11)12(9-16-14)6-7-17(2)3/h4-5,8-9,15-16H,6-7,10H2,1-3H3/i2D3,3D3,9D,10D2/hD2. The molecular formula is C14H21N3O2S. The first kappa shape index (κ1) is 6.17. The predicted octanol–water partition coefficient (Wildman–Crippen LogP) is 1.32. The van der Waals surface area contributed by atoms with Crippen molar-refractivity contribution in [1.29, 1.82) is 0 Å². The third kappa shape index (κ3) is 3.59. The van der Waals surface area contributed by atoms with Crippen molar-refractivity contribution in [3.05, 3.63) is 35.5 Å². The summed E-state index contributed by atoms with van der Waals surface area (Å²) in [5.41, 5.74) is -3.15. The van der Waals surface area contributed by atoms with Crippen molar-refractivity contribution in [1.82, 2.24) is 14.6 Å². The van der Waals surface area contributed by atoms with Crippen LogP contribution in [0.4, 0.5) is 0 Å². The van der Waals surface area contributed by atoms with Gasteiger partial charge in [-0.05, 0) is 50.7 Å². The highest BCUT2D eigenvalue weighted by Gasteiger charge is 2.11. The van der Waals surface area contributed by atoms with Gasteiger partial charge < -0.3 is 9.88 Å². The largest absolute Gasteiger partial charge is 0.361 e. The van der Waals surface area contributed by atoms with E-state index in [0.29, 0.717) is 9.88 Å². The van der Waals surface area contributed by atoms with E-state index in [1.807, 2.05) is 0 Å². The predicted molar refractivity (Wildman–Crippen MR) is 82.2 cm³/mol. The van der Waals surface area contributed by atoms with E-state index >= 15 is 0 Å². The molecule has 2 rings (SSSR count). The van der Waals surface area contributed by atoms with Crippen molar-refractivity contribution in [3.63, 3.8) is 0 Å². The first-order chi connectivity index (χ1) is 13.8. The molecule has 6 heteroatoms. The lowest BCUT2D eigenvalue weighted by molar-refractivity contribution is 0.414. The maximum Gasteiger partial charge on any atom is 0.215 e. The van der Waals surface area contributed by atoms with Gasteiger partial charge in [0, 0.05) is 34.6 Å². The Morgan fingerprint density at radius 2 is 2.40 bits per heavy atom.